The number of imide groups is 1. The number of nitrogens with zero attached hydrogens (tertiary/aromatic N) is 3. The first-order valence-corrected chi connectivity index (χ1v) is 11.2. The van der Waals surface area contributed by atoms with Crippen LogP contribution >= 0.6 is 0 Å². The number of rotatable bonds is 6. The zero-order chi connectivity index (χ0) is 26.6. The number of anilines is 1. The minimum Gasteiger partial charge on any atom is -0.497 e. The Labute approximate surface area is 210 Å². The summed E-state index contributed by atoms with van der Waals surface area (Å²) >= 11 is 0. The van der Waals surface area contributed by atoms with Crippen molar-refractivity contribution >= 4 is 29.1 Å². The van der Waals surface area contributed by atoms with Crippen LogP contribution in [-0.2, 0) is 4.79 Å². The topological polar surface area (TPSA) is 119 Å². The monoisotopic (exact) mass is 505 g/mol. The van der Waals surface area contributed by atoms with E-state index in [-0.39, 0.29) is 22.5 Å². The molecule has 1 saturated heterocycles. The van der Waals surface area contributed by atoms with Crippen LogP contribution in [0.4, 0.5) is 15.8 Å². The van der Waals surface area contributed by atoms with E-state index in [1.807, 2.05) is 0 Å². The molecule has 3 amide bonds. The molecule has 0 bridgehead atoms. The number of β-lactam (4-membered cyclic amide) rings is 1. The molecule has 0 aliphatic carbocycles. The van der Waals surface area contributed by atoms with Gasteiger partial charge in [-0.15, -0.1) is 0 Å². The Morgan fingerprint density at radius 3 is 2.24 bits per heavy atom. The highest BCUT2D eigenvalue weighted by Gasteiger charge is 2.58. The molecule has 3 aromatic rings. The van der Waals surface area contributed by atoms with Crippen molar-refractivity contribution in [1.29, 1.82) is 0 Å². The van der Waals surface area contributed by atoms with E-state index in [1.54, 1.807) is 31.2 Å². The Balaban J connectivity index is 1.64. The van der Waals surface area contributed by atoms with Crippen molar-refractivity contribution in [2.24, 2.45) is 0 Å². The molecule has 3 aromatic carbocycles. The fourth-order valence-electron chi connectivity index (χ4n) is 4.74. The molecule has 2 unspecified atom stereocenters. The lowest BCUT2D eigenvalue weighted by molar-refractivity contribution is -0.384. The smallest absolute Gasteiger partial charge is 0.270 e. The van der Waals surface area contributed by atoms with E-state index in [1.165, 1.54) is 37.3 Å². The molecule has 10 nitrogen and oxygen atoms in total. The Hall–Kier alpha value is -4.80. The summed E-state index contributed by atoms with van der Waals surface area (Å²) in [5, 5.41) is 11.2. The van der Waals surface area contributed by atoms with E-state index in [0.717, 1.165) is 17.0 Å². The van der Waals surface area contributed by atoms with E-state index in [2.05, 4.69) is 0 Å². The minimum absolute atomic E-state index is 0.0420. The maximum absolute atomic E-state index is 14.5. The molecule has 2 aliphatic heterocycles. The third-order valence-corrected chi connectivity index (χ3v) is 6.65. The standard InChI is InChI=1S/C26H20FN3O7/c1-13-4-5-14(11-20(13)27)28-22(19-12-16(36-2)7-9-21(19)37-3)23(26(28)33)29-24(31)17-8-6-15(30(34)35)10-18(17)25(29)32/h4-12,22-23H,1-3H3. The Morgan fingerprint density at radius 2 is 1.59 bits per heavy atom. The Morgan fingerprint density at radius 1 is 0.865 bits per heavy atom. The second-order valence-electron chi connectivity index (χ2n) is 8.61. The molecule has 11 heteroatoms. The Kier molecular flexibility index (Phi) is 5.62. The van der Waals surface area contributed by atoms with Gasteiger partial charge >= 0.3 is 0 Å². The van der Waals surface area contributed by atoms with E-state index in [0.29, 0.717) is 22.6 Å². The van der Waals surface area contributed by atoms with Crippen LogP contribution in [0.25, 0.3) is 0 Å². The van der Waals surface area contributed by atoms with Crippen LogP contribution < -0.4 is 14.4 Å². The first-order chi connectivity index (χ1) is 17.7. The molecule has 37 heavy (non-hydrogen) atoms. The molecule has 2 atom stereocenters. The summed E-state index contributed by atoms with van der Waals surface area (Å²) < 4.78 is 25.3. The predicted molar refractivity (Wildman–Crippen MR) is 128 cm³/mol. The van der Waals surface area contributed by atoms with Crippen LogP contribution in [0.2, 0.25) is 0 Å². The second-order valence-corrected chi connectivity index (χ2v) is 8.61. The average Bonchev–Trinajstić information content (AvgIpc) is 3.13. The van der Waals surface area contributed by atoms with Gasteiger partial charge in [-0.2, -0.15) is 0 Å². The molecular weight excluding hydrogens is 485 g/mol. The number of amides is 3. The maximum atomic E-state index is 14.5. The highest BCUT2D eigenvalue weighted by atomic mass is 19.1. The van der Waals surface area contributed by atoms with Gasteiger partial charge in [0.2, 0.25) is 0 Å². The molecule has 2 heterocycles. The van der Waals surface area contributed by atoms with Crippen molar-refractivity contribution in [2.75, 3.05) is 19.1 Å². The molecule has 1 fully saturated rings. The number of hydrogen-bond acceptors (Lipinski definition) is 7. The average molecular weight is 505 g/mol. The van der Waals surface area contributed by atoms with Crippen LogP contribution in [0.1, 0.15) is 37.9 Å². The zero-order valence-electron chi connectivity index (χ0n) is 19.9. The summed E-state index contributed by atoms with van der Waals surface area (Å²) in [6, 6.07) is 10.3. The van der Waals surface area contributed by atoms with Gasteiger partial charge < -0.3 is 14.4 Å². The number of benzene rings is 3. The van der Waals surface area contributed by atoms with Gasteiger partial charge in [-0.25, -0.2) is 4.39 Å². The van der Waals surface area contributed by atoms with Crippen LogP contribution in [0, 0.1) is 22.9 Å². The SMILES string of the molecule is COc1ccc(OC)c(C2C(N3C(=O)c4ccc([N+](=O)[O-])cc4C3=O)C(=O)N2c2ccc(C)c(F)c2)c1. The number of non-ortho nitro benzene ring substituents is 1. The summed E-state index contributed by atoms with van der Waals surface area (Å²) in [5.41, 5.74) is 0.472. The third-order valence-electron chi connectivity index (χ3n) is 6.65. The lowest BCUT2D eigenvalue weighted by Gasteiger charge is -2.50. The van der Waals surface area contributed by atoms with E-state index >= 15 is 0 Å². The number of methoxy groups -OCH3 is 2. The van der Waals surface area contributed by atoms with Crippen LogP contribution in [0.5, 0.6) is 11.5 Å². The second kappa shape index (κ2) is 8.70. The lowest BCUT2D eigenvalue weighted by Crippen LogP contribution is -2.67. The zero-order valence-corrected chi connectivity index (χ0v) is 19.9. The van der Waals surface area contributed by atoms with Crippen molar-refractivity contribution in [2.45, 2.75) is 19.0 Å². The van der Waals surface area contributed by atoms with E-state index in [4.69, 9.17) is 9.47 Å². The number of carbonyl (C=O) groups excluding carboxylic acids is 3. The van der Waals surface area contributed by atoms with Gasteiger partial charge in [-0.3, -0.25) is 29.4 Å². The first kappa shape index (κ1) is 23.9. The normalized spacial score (nSPS) is 18.5. The molecule has 0 saturated carbocycles. The molecule has 188 valence electrons. The van der Waals surface area contributed by atoms with E-state index in [9.17, 15) is 28.9 Å². The molecule has 0 radical (unpaired) electrons. The van der Waals surface area contributed by atoms with Gasteiger partial charge in [0, 0.05) is 23.4 Å². The molecule has 2 aliphatic rings. The van der Waals surface area contributed by atoms with Crippen LogP contribution in [0.15, 0.2) is 54.6 Å². The summed E-state index contributed by atoms with van der Waals surface area (Å²) in [6.07, 6.45) is 0. The molecule has 5 rings (SSSR count). The van der Waals surface area contributed by atoms with Gasteiger partial charge in [0.15, 0.2) is 0 Å². The van der Waals surface area contributed by atoms with Crippen molar-refractivity contribution in [3.8, 4) is 11.5 Å². The number of nitro benzene ring substituents is 1. The van der Waals surface area contributed by atoms with Crippen LogP contribution in [-0.4, -0.2) is 47.8 Å². The van der Waals surface area contributed by atoms with Crippen molar-refractivity contribution in [3.63, 3.8) is 0 Å². The fraction of sp³-hybridized carbons (Fsp3) is 0.192. The number of halogens is 1. The number of carbonyl (C=O) groups is 3. The van der Waals surface area contributed by atoms with Crippen LogP contribution in [0.3, 0.4) is 0 Å². The number of nitro groups is 1. The molecular formula is C26H20FN3O7. The highest BCUT2D eigenvalue weighted by molar-refractivity contribution is 6.25. The van der Waals surface area contributed by atoms with Crippen molar-refractivity contribution in [1.82, 2.24) is 4.90 Å². The lowest BCUT2D eigenvalue weighted by atomic mass is 9.85. The number of aryl methyl sites for hydroxylation is 1. The van der Waals surface area contributed by atoms with Gasteiger partial charge in [0.25, 0.3) is 23.4 Å². The molecule has 0 aromatic heterocycles. The Bertz CT molecular complexity index is 1510. The predicted octanol–water partition coefficient (Wildman–Crippen LogP) is 3.81. The third kappa shape index (κ3) is 3.58. The first-order valence-electron chi connectivity index (χ1n) is 11.2. The van der Waals surface area contributed by atoms with Crippen molar-refractivity contribution in [3.05, 3.63) is 92.8 Å². The minimum atomic E-state index is -1.31. The van der Waals surface area contributed by atoms with Gasteiger partial charge in [0.1, 0.15) is 23.4 Å². The quantitative estimate of drug-likeness (QED) is 0.216. The van der Waals surface area contributed by atoms with E-state index < -0.39 is 40.5 Å². The number of fused-ring (bicyclic) bond motifs is 1. The fourth-order valence-corrected chi connectivity index (χ4v) is 4.74. The molecule has 0 N–H and O–H groups in total. The molecule has 0 spiro atoms. The number of hydrogen-bond donors (Lipinski definition) is 0. The summed E-state index contributed by atoms with van der Waals surface area (Å²) in [7, 11) is 2.89. The highest BCUT2D eigenvalue weighted by Crippen LogP contribution is 2.47. The summed E-state index contributed by atoms with van der Waals surface area (Å²) in [6.45, 7) is 1.58. The number of ether oxygens (including phenoxy) is 2. The van der Waals surface area contributed by atoms with Gasteiger partial charge in [-0.1, -0.05) is 6.07 Å². The maximum Gasteiger partial charge on any atom is 0.270 e. The summed E-state index contributed by atoms with van der Waals surface area (Å²) in [4.78, 5) is 52.9. The van der Waals surface area contributed by atoms with Gasteiger partial charge in [-0.05, 0) is 48.9 Å². The summed E-state index contributed by atoms with van der Waals surface area (Å²) in [5.74, 6) is -1.95. The van der Waals surface area contributed by atoms with Gasteiger partial charge in [0.05, 0.1) is 36.3 Å². The van der Waals surface area contributed by atoms with Crippen molar-refractivity contribution < 1.29 is 33.2 Å². The largest absolute Gasteiger partial charge is 0.497 e.